The van der Waals surface area contributed by atoms with Gasteiger partial charge in [0, 0.05) is 0 Å². The van der Waals surface area contributed by atoms with Crippen LogP contribution in [0.25, 0.3) is 0 Å². The molecule has 3 aromatic rings. The number of hydrogen-bond acceptors (Lipinski definition) is 0. The van der Waals surface area contributed by atoms with E-state index in [0.717, 1.165) is 0 Å². The lowest BCUT2D eigenvalue weighted by molar-refractivity contribution is 1.48. The van der Waals surface area contributed by atoms with Gasteiger partial charge in [-0.1, -0.05) is 53.1 Å². The molecular formula is C22H22BCl2P. The third-order valence-corrected chi connectivity index (χ3v) is 9.35. The zero-order chi connectivity index (χ0) is 18.7. The number of rotatable bonds is 5. The molecule has 0 spiro atoms. The molecule has 0 saturated carbocycles. The van der Waals surface area contributed by atoms with Crippen LogP contribution < -0.4 is 15.9 Å². The zero-order valence-electron chi connectivity index (χ0n) is 15.3. The maximum Gasteiger partial charge on any atom is 0.0546 e. The molecule has 0 unspecified atom stereocenters. The Labute approximate surface area is 168 Å². The van der Waals surface area contributed by atoms with Crippen LogP contribution >= 0.6 is 30.3 Å². The fraction of sp³-hybridized carbons (Fsp3) is 0.182. The molecule has 26 heavy (non-hydrogen) atoms. The van der Waals surface area contributed by atoms with Gasteiger partial charge in [0.15, 0.2) is 0 Å². The SMILES string of the molecule is Cc1ccc([P+]([B-]C(Cl)Cl)(c2ccc(C)cc2)c2ccc(C)cc2)cc1. The van der Waals surface area contributed by atoms with Crippen molar-refractivity contribution in [1.82, 2.24) is 0 Å². The lowest BCUT2D eigenvalue weighted by Gasteiger charge is -2.39. The topological polar surface area (TPSA) is 0 Å². The number of benzene rings is 3. The molecule has 0 N–H and O–H groups in total. The molecule has 0 aromatic heterocycles. The molecule has 0 fully saturated rings. The van der Waals surface area contributed by atoms with Gasteiger partial charge in [0.05, 0.1) is 15.9 Å². The highest BCUT2D eigenvalue weighted by Crippen LogP contribution is 2.55. The molecular weight excluding hydrogens is 377 g/mol. The smallest absolute Gasteiger partial charge is 0.0546 e. The highest BCUT2D eigenvalue weighted by atomic mass is 35.5. The van der Waals surface area contributed by atoms with Gasteiger partial charge in [-0.05, 0) is 68.9 Å². The summed E-state index contributed by atoms with van der Waals surface area (Å²) in [5.74, 6) is 0. The van der Waals surface area contributed by atoms with Gasteiger partial charge in [-0.2, -0.15) is 23.2 Å². The first kappa shape index (κ1) is 19.5. The first-order valence-corrected chi connectivity index (χ1v) is 11.4. The molecule has 0 saturated heterocycles. The molecule has 0 aliphatic carbocycles. The van der Waals surface area contributed by atoms with Gasteiger partial charge >= 0.3 is 0 Å². The highest BCUT2D eigenvalue weighted by Gasteiger charge is 2.35. The van der Waals surface area contributed by atoms with E-state index in [9.17, 15) is 0 Å². The average Bonchev–Trinajstić information content (AvgIpc) is 2.62. The van der Waals surface area contributed by atoms with E-state index < -0.39 is 11.9 Å². The Bertz CT molecular complexity index is 745. The minimum Gasteiger partial charge on any atom is -0.151 e. The average molecular weight is 399 g/mol. The van der Waals surface area contributed by atoms with Crippen molar-refractivity contribution in [1.29, 1.82) is 0 Å². The number of halogens is 2. The summed E-state index contributed by atoms with van der Waals surface area (Å²) in [7, 11) is -2.06. The first-order valence-electron chi connectivity index (χ1n) is 8.66. The van der Waals surface area contributed by atoms with E-state index in [1.165, 1.54) is 32.6 Å². The second-order valence-corrected chi connectivity index (χ2v) is 11.2. The maximum absolute atomic E-state index is 6.34. The van der Waals surface area contributed by atoms with Gasteiger partial charge in [-0.15, -0.1) is 7.14 Å². The molecule has 2 radical (unpaired) electrons. The minimum atomic E-state index is -2.06. The fourth-order valence-electron chi connectivity index (χ4n) is 3.21. The summed E-state index contributed by atoms with van der Waals surface area (Å²) < 4.78 is -0.549. The van der Waals surface area contributed by atoms with Gasteiger partial charge in [-0.25, -0.2) is 0 Å². The summed E-state index contributed by atoms with van der Waals surface area (Å²) in [6.45, 7) is 8.46. The molecule has 3 rings (SSSR count). The van der Waals surface area contributed by atoms with Gasteiger partial charge < -0.3 is 0 Å². The molecule has 0 amide bonds. The third kappa shape index (κ3) is 4.01. The van der Waals surface area contributed by atoms with E-state index in [1.807, 2.05) is 0 Å². The molecule has 0 aliphatic rings. The Kier molecular flexibility index (Phi) is 6.13. The van der Waals surface area contributed by atoms with Crippen LogP contribution in [0, 0.1) is 20.8 Å². The van der Waals surface area contributed by atoms with Crippen LogP contribution in [0.2, 0.25) is 0 Å². The Morgan fingerprint density at radius 2 is 0.846 bits per heavy atom. The van der Waals surface area contributed by atoms with Crippen LogP contribution in [-0.2, 0) is 0 Å². The summed E-state index contributed by atoms with van der Waals surface area (Å²) in [5.41, 5.74) is 3.73. The van der Waals surface area contributed by atoms with Crippen LogP contribution in [0.4, 0.5) is 0 Å². The van der Waals surface area contributed by atoms with Crippen molar-refractivity contribution in [3.8, 4) is 0 Å². The quantitative estimate of drug-likeness (QED) is 0.311. The van der Waals surface area contributed by atoms with E-state index in [0.29, 0.717) is 0 Å². The molecule has 0 aliphatic heterocycles. The molecule has 0 atom stereocenters. The van der Waals surface area contributed by atoms with E-state index in [2.05, 4.69) is 101 Å². The van der Waals surface area contributed by atoms with Gasteiger partial charge in [0.2, 0.25) is 0 Å². The van der Waals surface area contributed by atoms with E-state index >= 15 is 0 Å². The fourth-order valence-corrected chi connectivity index (χ4v) is 7.84. The van der Waals surface area contributed by atoms with Crippen LogP contribution in [-0.4, -0.2) is 11.7 Å². The van der Waals surface area contributed by atoms with Crippen molar-refractivity contribution in [2.45, 2.75) is 25.5 Å². The van der Waals surface area contributed by atoms with E-state index in [4.69, 9.17) is 23.2 Å². The Balaban J connectivity index is 2.31. The number of hydrogen-bond donors (Lipinski definition) is 0. The van der Waals surface area contributed by atoms with Gasteiger partial charge in [0.1, 0.15) is 0 Å². The normalized spacial score (nSPS) is 11.8. The predicted molar refractivity (Wildman–Crippen MR) is 121 cm³/mol. The Morgan fingerprint density at radius 1 is 0.577 bits per heavy atom. The summed E-state index contributed by atoms with van der Waals surface area (Å²) >= 11 is 12.7. The second-order valence-electron chi connectivity index (χ2n) is 6.71. The predicted octanol–water partition coefficient (Wildman–Crippen LogP) is 5.29. The molecule has 0 bridgehead atoms. The minimum absolute atomic E-state index is 0.549. The second kappa shape index (κ2) is 8.18. The van der Waals surface area contributed by atoms with Crippen molar-refractivity contribution >= 4 is 53.3 Å². The zero-order valence-corrected chi connectivity index (χ0v) is 17.7. The Hall–Kier alpha value is -1.27. The van der Waals surface area contributed by atoms with Gasteiger partial charge in [0.25, 0.3) is 0 Å². The molecule has 3 aromatic carbocycles. The summed E-state index contributed by atoms with van der Waals surface area (Å²) in [6.07, 6.45) is 0. The monoisotopic (exact) mass is 398 g/mol. The number of aryl methyl sites for hydroxylation is 3. The first-order chi connectivity index (χ1) is 12.4. The lowest BCUT2D eigenvalue weighted by Crippen LogP contribution is -2.37. The summed E-state index contributed by atoms with van der Waals surface area (Å²) in [5, 5.41) is 3.80. The van der Waals surface area contributed by atoms with Crippen LogP contribution in [0.3, 0.4) is 0 Å². The molecule has 4 heteroatoms. The lowest BCUT2D eigenvalue weighted by atomic mass is 10.2. The molecule has 0 nitrogen and oxygen atoms in total. The van der Waals surface area contributed by atoms with Crippen LogP contribution in [0.15, 0.2) is 72.8 Å². The molecule has 132 valence electrons. The van der Waals surface area contributed by atoms with Crippen molar-refractivity contribution in [2.24, 2.45) is 0 Å². The summed E-state index contributed by atoms with van der Waals surface area (Å²) in [6, 6.07) is 26.3. The van der Waals surface area contributed by atoms with Crippen molar-refractivity contribution in [2.75, 3.05) is 0 Å². The van der Waals surface area contributed by atoms with Gasteiger partial charge in [-0.3, -0.25) is 0 Å². The standard InChI is InChI=1S/C22H22BCl2P/c1-16-4-10-19(11-5-16)26(23-22(24)25,20-12-6-17(2)7-13-20)21-14-8-18(3)9-15-21/h4-15,22H,1-3H3. The van der Waals surface area contributed by atoms with Crippen LogP contribution in [0.5, 0.6) is 0 Å². The van der Waals surface area contributed by atoms with E-state index in [-0.39, 0.29) is 0 Å². The van der Waals surface area contributed by atoms with E-state index in [1.54, 1.807) is 0 Å². The third-order valence-electron chi connectivity index (χ3n) is 4.66. The highest BCUT2D eigenvalue weighted by molar-refractivity contribution is 8.16. The van der Waals surface area contributed by atoms with Crippen molar-refractivity contribution in [3.63, 3.8) is 0 Å². The van der Waals surface area contributed by atoms with Crippen molar-refractivity contribution < 1.29 is 0 Å². The maximum atomic E-state index is 6.34. The Morgan fingerprint density at radius 3 is 1.08 bits per heavy atom. The summed E-state index contributed by atoms with van der Waals surface area (Å²) in [4.78, 5) is 0. The van der Waals surface area contributed by atoms with Crippen molar-refractivity contribution in [3.05, 3.63) is 89.5 Å². The molecule has 0 heterocycles. The van der Waals surface area contributed by atoms with Crippen LogP contribution in [0.1, 0.15) is 16.7 Å². The largest absolute Gasteiger partial charge is 0.151 e. The number of alkyl halides is 2.